The van der Waals surface area contributed by atoms with Crippen molar-refractivity contribution in [2.45, 2.75) is 12.6 Å². The van der Waals surface area contributed by atoms with Crippen molar-refractivity contribution in [2.75, 3.05) is 14.2 Å². The van der Waals surface area contributed by atoms with Crippen LogP contribution in [0.2, 0.25) is 0 Å². The molecule has 6 nitrogen and oxygen atoms in total. The van der Waals surface area contributed by atoms with Crippen molar-refractivity contribution in [2.24, 2.45) is 0 Å². The fourth-order valence-corrected chi connectivity index (χ4v) is 3.94. The Morgan fingerprint density at radius 3 is 2.19 bits per heavy atom. The van der Waals surface area contributed by atoms with E-state index in [-0.39, 0.29) is 17.9 Å². The number of ketones is 1. The van der Waals surface area contributed by atoms with Gasteiger partial charge in [-0.25, -0.2) is 0 Å². The van der Waals surface area contributed by atoms with Crippen LogP contribution in [-0.4, -0.2) is 35.9 Å². The van der Waals surface area contributed by atoms with Gasteiger partial charge in [-0.15, -0.1) is 0 Å². The van der Waals surface area contributed by atoms with Crippen LogP contribution in [0, 0.1) is 0 Å². The van der Waals surface area contributed by atoms with E-state index in [9.17, 15) is 14.7 Å². The number of hydrogen-bond donors (Lipinski definition) is 1. The quantitative estimate of drug-likeness (QED) is 0.359. The molecule has 1 fully saturated rings. The molecule has 1 amide bonds. The topological polar surface area (TPSA) is 76.1 Å². The Morgan fingerprint density at radius 1 is 0.906 bits per heavy atom. The average molecular weight is 429 g/mol. The number of benzene rings is 3. The SMILES string of the molecule is COc1ccc(C2/C(=C(\O)c3ccccc3)C(=O)C(=O)N2Cc2ccccc2)c(OC)c1. The maximum absolute atomic E-state index is 13.2. The zero-order valence-electron chi connectivity index (χ0n) is 17.8. The van der Waals surface area contributed by atoms with Gasteiger partial charge in [0.25, 0.3) is 11.7 Å². The summed E-state index contributed by atoms with van der Waals surface area (Å²) in [4.78, 5) is 27.7. The average Bonchev–Trinajstić information content (AvgIpc) is 3.09. The number of Topliss-reactive ketones (excluding diaryl/α,β-unsaturated/α-hetero) is 1. The first-order valence-electron chi connectivity index (χ1n) is 10.1. The van der Waals surface area contributed by atoms with E-state index in [0.717, 1.165) is 5.56 Å². The van der Waals surface area contributed by atoms with E-state index in [4.69, 9.17) is 9.47 Å². The number of ether oxygens (including phenoxy) is 2. The monoisotopic (exact) mass is 429 g/mol. The Labute approximate surface area is 186 Å². The Balaban J connectivity index is 1.91. The number of rotatable bonds is 6. The summed E-state index contributed by atoms with van der Waals surface area (Å²) in [7, 11) is 3.06. The molecule has 0 bridgehead atoms. The van der Waals surface area contributed by atoms with Gasteiger partial charge in [0.15, 0.2) is 0 Å². The minimum absolute atomic E-state index is 0.0283. The zero-order valence-corrected chi connectivity index (χ0v) is 17.8. The van der Waals surface area contributed by atoms with Crippen LogP contribution in [0.1, 0.15) is 22.7 Å². The number of nitrogens with zero attached hydrogens (tertiary/aromatic N) is 1. The molecule has 1 heterocycles. The van der Waals surface area contributed by atoms with Crippen LogP contribution >= 0.6 is 0 Å². The Morgan fingerprint density at radius 2 is 1.56 bits per heavy atom. The molecule has 0 radical (unpaired) electrons. The summed E-state index contributed by atoms with van der Waals surface area (Å²) >= 11 is 0. The molecule has 4 rings (SSSR count). The van der Waals surface area contributed by atoms with E-state index in [1.807, 2.05) is 36.4 Å². The van der Waals surface area contributed by atoms with Gasteiger partial charge >= 0.3 is 0 Å². The van der Waals surface area contributed by atoms with E-state index in [1.54, 1.807) is 49.6 Å². The number of likely N-dealkylation sites (tertiary alicyclic amines) is 1. The molecule has 162 valence electrons. The Bertz CT molecular complexity index is 1170. The minimum Gasteiger partial charge on any atom is -0.507 e. The maximum Gasteiger partial charge on any atom is 0.295 e. The second-order valence-electron chi connectivity index (χ2n) is 7.39. The standard InChI is InChI=1S/C26H23NO5/c1-31-19-13-14-20(21(15-19)32-2)23-22(24(28)18-11-7-4-8-12-18)25(29)26(30)27(23)16-17-9-5-3-6-10-17/h3-15,23,28H,16H2,1-2H3/b24-22+. The highest BCUT2D eigenvalue weighted by molar-refractivity contribution is 6.46. The van der Waals surface area contributed by atoms with Crippen molar-refractivity contribution in [3.63, 3.8) is 0 Å². The van der Waals surface area contributed by atoms with Crippen LogP contribution < -0.4 is 9.47 Å². The fraction of sp³-hybridized carbons (Fsp3) is 0.154. The van der Waals surface area contributed by atoms with Gasteiger partial charge in [0.1, 0.15) is 17.3 Å². The molecule has 0 saturated carbocycles. The number of aliphatic hydroxyl groups is 1. The van der Waals surface area contributed by atoms with E-state index in [1.165, 1.54) is 12.0 Å². The van der Waals surface area contributed by atoms with Crippen molar-refractivity contribution < 1.29 is 24.2 Å². The second-order valence-corrected chi connectivity index (χ2v) is 7.39. The summed E-state index contributed by atoms with van der Waals surface area (Å²) in [5.41, 5.74) is 1.94. The van der Waals surface area contributed by atoms with Gasteiger partial charge in [0, 0.05) is 23.7 Å². The molecule has 0 aliphatic carbocycles. The third-order valence-electron chi connectivity index (χ3n) is 5.52. The lowest BCUT2D eigenvalue weighted by Gasteiger charge is -2.27. The highest BCUT2D eigenvalue weighted by atomic mass is 16.5. The molecule has 1 N–H and O–H groups in total. The van der Waals surface area contributed by atoms with Crippen LogP contribution in [0.15, 0.2) is 84.4 Å². The first-order chi connectivity index (χ1) is 15.5. The molecule has 3 aromatic rings. The number of aliphatic hydroxyl groups excluding tert-OH is 1. The molecule has 0 aromatic heterocycles. The summed E-state index contributed by atoms with van der Waals surface area (Å²) in [6.07, 6.45) is 0. The first-order valence-corrected chi connectivity index (χ1v) is 10.1. The number of amides is 1. The number of hydrogen-bond acceptors (Lipinski definition) is 5. The summed E-state index contributed by atoms with van der Waals surface area (Å²) in [5.74, 6) is -0.594. The number of methoxy groups -OCH3 is 2. The number of carbonyl (C=O) groups is 2. The predicted molar refractivity (Wildman–Crippen MR) is 120 cm³/mol. The molecule has 3 aromatic carbocycles. The van der Waals surface area contributed by atoms with Gasteiger partial charge in [0.2, 0.25) is 0 Å². The van der Waals surface area contributed by atoms with Crippen molar-refractivity contribution >= 4 is 17.4 Å². The lowest BCUT2D eigenvalue weighted by atomic mass is 9.94. The van der Waals surface area contributed by atoms with E-state index in [2.05, 4.69) is 0 Å². The van der Waals surface area contributed by atoms with Crippen LogP contribution in [0.4, 0.5) is 0 Å². The highest BCUT2D eigenvalue weighted by Gasteiger charge is 2.47. The molecule has 1 unspecified atom stereocenters. The lowest BCUT2D eigenvalue weighted by molar-refractivity contribution is -0.140. The molecule has 6 heteroatoms. The summed E-state index contributed by atoms with van der Waals surface area (Å²) in [6.45, 7) is 0.205. The molecular formula is C26H23NO5. The molecule has 0 spiro atoms. The van der Waals surface area contributed by atoms with Gasteiger partial charge in [-0.05, 0) is 17.7 Å². The van der Waals surface area contributed by atoms with Gasteiger partial charge in [0.05, 0.1) is 25.8 Å². The second kappa shape index (κ2) is 8.98. The van der Waals surface area contributed by atoms with Crippen molar-refractivity contribution in [3.05, 3.63) is 101 Å². The van der Waals surface area contributed by atoms with Gasteiger partial charge in [-0.2, -0.15) is 0 Å². The maximum atomic E-state index is 13.2. The van der Waals surface area contributed by atoms with Crippen molar-refractivity contribution in [1.82, 2.24) is 4.90 Å². The molecule has 1 atom stereocenters. The summed E-state index contributed by atoms with van der Waals surface area (Å²) < 4.78 is 10.9. The molecule has 32 heavy (non-hydrogen) atoms. The van der Waals surface area contributed by atoms with Crippen LogP contribution in [-0.2, 0) is 16.1 Å². The smallest absolute Gasteiger partial charge is 0.295 e. The molecular weight excluding hydrogens is 406 g/mol. The van der Waals surface area contributed by atoms with E-state index >= 15 is 0 Å². The minimum atomic E-state index is -0.823. The Hall–Kier alpha value is -4.06. The molecule has 1 saturated heterocycles. The van der Waals surface area contributed by atoms with Crippen LogP contribution in [0.3, 0.4) is 0 Å². The predicted octanol–water partition coefficient (Wildman–Crippen LogP) is 4.33. The van der Waals surface area contributed by atoms with Gasteiger partial charge in [-0.1, -0.05) is 60.7 Å². The molecule has 1 aliphatic rings. The fourth-order valence-electron chi connectivity index (χ4n) is 3.94. The normalized spacial score (nSPS) is 17.4. The van der Waals surface area contributed by atoms with Gasteiger partial charge in [-0.3, -0.25) is 9.59 Å². The third kappa shape index (κ3) is 3.83. The van der Waals surface area contributed by atoms with Crippen LogP contribution in [0.25, 0.3) is 5.76 Å². The highest BCUT2D eigenvalue weighted by Crippen LogP contribution is 2.44. The Kier molecular flexibility index (Phi) is 5.94. The first kappa shape index (κ1) is 21.2. The van der Waals surface area contributed by atoms with Crippen molar-refractivity contribution in [3.8, 4) is 11.5 Å². The zero-order chi connectivity index (χ0) is 22.7. The van der Waals surface area contributed by atoms with E-state index < -0.39 is 17.7 Å². The van der Waals surface area contributed by atoms with E-state index in [0.29, 0.717) is 22.6 Å². The van der Waals surface area contributed by atoms with Crippen LogP contribution in [0.5, 0.6) is 11.5 Å². The summed E-state index contributed by atoms with van der Waals surface area (Å²) in [6, 6.07) is 22.5. The van der Waals surface area contributed by atoms with Crippen molar-refractivity contribution in [1.29, 1.82) is 0 Å². The van der Waals surface area contributed by atoms with Gasteiger partial charge < -0.3 is 19.5 Å². The molecule has 1 aliphatic heterocycles. The largest absolute Gasteiger partial charge is 0.507 e. The number of carbonyl (C=O) groups excluding carboxylic acids is 2. The third-order valence-corrected chi connectivity index (χ3v) is 5.52. The lowest BCUT2D eigenvalue weighted by Crippen LogP contribution is -2.29. The summed E-state index contributed by atoms with van der Waals surface area (Å²) in [5, 5.41) is 11.1.